The lowest BCUT2D eigenvalue weighted by Crippen LogP contribution is -2.43. The Morgan fingerprint density at radius 3 is 2.36 bits per heavy atom. The Hall–Kier alpha value is -3.12. The zero-order chi connectivity index (χ0) is 23.2. The first-order valence-electron chi connectivity index (χ1n) is 11.4. The summed E-state index contributed by atoms with van der Waals surface area (Å²) in [5.74, 6) is -0.0532. The summed E-state index contributed by atoms with van der Waals surface area (Å²) in [6, 6.07) is 17.4. The molecule has 1 amide bonds. The van der Waals surface area contributed by atoms with Gasteiger partial charge in [0.25, 0.3) is 0 Å². The van der Waals surface area contributed by atoms with E-state index in [-0.39, 0.29) is 24.1 Å². The average Bonchev–Trinajstić information content (AvgIpc) is 2.83. The van der Waals surface area contributed by atoms with E-state index in [2.05, 4.69) is 17.1 Å². The van der Waals surface area contributed by atoms with E-state index >= 15 is 0 Å². The molecule has 1 aromatic heterocycles. The number of likely N-dealkylation sites (tertiary alicyclic amines) is 1. The van der Waals surface area contributed by atoms with Crippen molar-refractivity contribution >= 4 is 5.91 Å². The summed E-state index contributed by atoms with van der Waals surface area (Å²) in [6.45, 7) is 2.09. The molecule has 0 spiro atoms. The van der Waals surface area contributed by atoms with Crippen LogP contribution in [0.1, 0.15) is 41.1 Å². The van der Waals surface area contributed by atoms with Crippen LogP contribution in [0.4, 0.5) is 8.78 Å². The molecule has 1 aliphatic heterocycles. The van der Waals surface area contributed by atoms with Gasteiger partial charge in [-0.25, -0.2) is 8.78 Å². The van der Waals surface area contributed by atoms with Crippen LogP contribution in [0.25, 0.3) is 0 Å². The molecule has 172 valence electrons. The van der Waals surface area contributed by atoms with Gasteiger partial charge in [-0.15, -0.1) is 0 Å². The first kappa shape index (κ1) is 23.1. The van der Waals surface area contributed by atoms with Crippen LogP contribution in [-0.4, -0.2) is 47.4 Å². The minimum Gasteiger partial charge on any atom is -0.342 e. The molecule has 2 heterocycles. The van der Waals surface area contributed by atoms with Crippen molar-refractivity contribution in [2.45, 2.75) is 31.7 Å². The first-order valence-corrected chi connectivity index (χ1v) is 11.4. The van der Waals surface area contributed by atoms with Crippen molar-refractivity contribution in [3.63, 3.8) is 0 Å². The number of likely N-dealkylation sites (N-methyl/N-ethyl adjacent to an activating group) is 1. The minimum absolute atomic E-state index is 0.0786. The smallest absolute Gasteiger partial charge is 0.236 e. The van der Waals surface area contributed by atoms with Crippen LogP contribution >= 0.6 is 0 Å². The molecule has 0 bridgehead atoms. The summed E-state index contributed by atoms with van der Waals surface area (Å²) >= 11 is 0. The molecule has 4 nitrogen and oxygen atoms in total. The number of piperidine rings is 1. The average molecular weight is 450 g/mol. The van der Waals surface area contributed by atoms with Gasteiger partial charge in [0.1, 0.15) is 11.6 Å². The first-order chi connectivity index (χ1) is 16.0. The van der Waals surface area contributed by atoms with Gasteiger partial charge < -0.3 is 4.90 Å². The van der Waals surface area contributed by atoms with Crippen molar-refractivity contribution in [1.82, 2.24) is 14.8 Å². The van der Waals surface area contributed by atoms with E-state index in [1.54, 1.807) is 24.3 Å². The second-order valence-corrected chi connectivity index (χ2v) is 8.81. The van der Waals surface area contributed by atoms with Crippen LogP contribution in [0, 0.1) is 11.6 Å². The number of nitrogens with zero attached hydrogens (tertiary/aromatic N) is 3. The predicted octanol–water partition coefficient (Wildman–Crippen LogP) is 4.79. The molecule has 0 aliphatic carbocycles. The number of carbonyl (C=O) groups is 1. The fourth-order valence-electron chi connectivity index (χ4n) is 4.35. The van der Waals surface area contributed by atoms with Crippen LogP contribution in [-0.2, 0) is 17.8 Å². The molecular formula is C27H29F2N3O. The number of hydrogen-bond donors (Lipinski definition) is 0. The standard InChI is InChI=1S/C27H29F2N3O/c1-31(18-23-4-2-3-5-25(23)29)19-27(33)32-14-12-22(13-15-32)26-11-8-21(17-30-26)16-20-6-9-24(28)10-7-20/h2-11,17,22H,12-16,18-19H2,1H3. The van der Waals surface area contributed by atoms with Crippen LogP contribution in [0.5, 0.6) is 0 Å². The number of pyridine rings is 1. The Labute approximate surface area is 193 Å². The van der Waals surface area contributed by atoms with Crippen LogP contribution in [0.3, 0.4) is 0 Å². The maximum absolute atomic E-state index is 13.9. The minimum atomic E-state index is -0.242. The highest BCUT2D eigenvalue weighted by atomic mass is 19.1. The normalized spacial score (nSPS) is 14.6. The summed E-state index contributed by atoms with van der Waals surface area (Å²) in [4.78, 5) is 21.1. The Morgan fingerprint density at radius 2 is 1.70 bits per heavy atom. The summed E-state index contributed by atoms with van der Waals surface area (Å²) < 4.78 is 26.9. The SMILES string of the molecule is CN(CC(=O)N1CCC(c2ccc(Cc3ccc(F)cc3)cn2)CC1)Cc1ccccc1F. The lowest BCUT2D eigenvalue weighted by atomic mass is 9.92. The summed E-state index contributed by atoms with van der Waals surface area (Å²) in [7, 11) is 1.84. The number of rotatable bonds is 7. The van der Waals surface area contributed by atoms with Crippen LogP contribution in [0.15, 0.2) is 66.9 Å². The fourth-order valence-corrected chi connectivity index (χ4v) is 4.35. The molecule has 0 radical (unpaired) electrons. The number of carbonyl (C=O) groups excluding carboxylic acids is 1. The van der Waals surface area contributed by atoms with Crippen LogP contribution < -0.4 is 0 Å². The van der Waals surface area contributed by atoms with Crippen molar-refractivity contribution in [1.29, 1.82) is 0 Å². The predicted molar refractivity (Wildman–Crippen MR) is 125 cm³/mol. The van der Waals surface area contributed by atoms with Crippen molar-refractivity contribution in [2.75, 3.05) is 26.7 Å². The number of halogens is 2. The molecule has 1 saturated heterocycles. The number of hydrogen-bond acceptors (Lipinski definition) is 3. The van der Waals surface area contributed by atoms with Crippen LogP contribution in [0.2, 0.25) is 0 Å². The van der Waals surface area contributed by atoms with E-state index in [9.17, 15) is 13.6 Å². The molecule has 1 fully saturated rings. The molecule has 6 heteroatoms. The molecule has 0 unspecified atom stereocenters. The summed E-state index contributed by atoms with van der Waals surface area (Å²) in [5, 5.41) is 0. The highest BCUT2D eigenvalue weighted by molar-refractivity contribution is 5.78. The second kappa shape index (κ2) is 10.7. The third-order valence-corrected chi connectivity index (χ3v) is 6.24. The molecule has 2 aromatic carbocycles. The lowest BCUT2D eigenvalue weighted by Gasteiger charge is -2.33. The largest absolute Gasteiger partial charge is 0.342 e. The van der Waals surface area contributed by atoms with Gasteiger partial charge in [-0.1, -0.05) is 36.4 Å². The zero-order valence-corrected chi connectivity index (χ0v) is 18.9. The van der Waals surface area contributed by atoms with Crippen molar-refractivity contribution < 1.29 is 13.6 Å². The second-order valence-electron chi connectivity index (χ2n) is 8.81. The van der Waals surface area contributed by atoms with Gasteiger partial charge in [-0.3, -0.25) is 14.7 Å². The van der Waals surface area contributed by atoms with Gasteiger partial charge in [0.2, 0.25) is 5.91 Å². The maximum Gasteiger partial charge on any atom is 0.236 e. The van der Waals surface area contributed by atoms with Gasteiger partial charge in [0.05, 0.1) is 6.54 Å². The van der Waals surface area contributed by atoms with E-state index in [1.165, 1.54) is 18.2 Å². The van der Waals surface area contributed by atoms with Gasteiger partial charge in [-0.2, -0.15) is 0 Å². The molecule has 4 rings (SSSR count). The third-order valence-electron chi connectivity index (χ3n) is 6.24. The Bertz CT molecular complexity index is 1060. The molecular weight excluding hydrogens is 420 g/mol. The number of amides is 1. The van der Waals surface area contributed by atoms with Gasteiger partial charge >= 0.3 is 0 Å². The van der Waals surface area contributed by atoms with Crippen molar-refractivity contribution in [2.24, 2.45) is 0 Å². The molecule has 0 atom stereocenters. The van der Waals surface area contributed by atoms with E-state index in [1.807, 2.05) is 29.1 Å². The van der Waals surface area contributed by atoms with Gasteiger partial charge in [0, 0.05) is 43.0 Å². The van der Waals surface area contributed by atoms with E-state index in [0.717, 1.165) is 36.1 Å². The van der Waals surface area contributed by atoms with E-state index in [0.29, 0.717) is 31.1 Å². The number of aromatic nitrogens is 1. The van der Waals surface area contributed by atoms with E-state index in [4.69, 9.17) is 0 Å². The summed E-state index contributed by atoms with van der Waals surface area (Å²) in [6.07, 6.45) is 4.38. The third kappa shape index (κ3) is 6.23. The van der Waals surface area contributed by atoms with Crippen molar-refractivity contribution in [3.05, 3.63) is 101 Å². The zero-order valence-electron chi connectivity index (χ0n) is 18.9. The summed E-state index contributed by atoms with van der Waals surface area (Å²) in [5.41, 5.74) is 3.80. The molecule has 0 saturated carbocycles. The maximum atomic E-state index is 13.9. The highest BCUT2D eigenvalue weighted by Crippen LogP contribution is 2.27. The number of benzene rings is 2. The Kier molecular flexibility index (Phi) is 7.45. The van der Waals surface area contributed by atoms with E-state index < -0.39 is 0 Å². The Morgan fingerprint density at radius 1 is 1.00 bits per heavy atom. The molecule has 0 N–H and O–H groups in total. The molecule has 3 aromatic rings. The molecule has 33 heavy (non-hydrogen) atoms. The van der Waals surface area contributed by atoms with Gasteiger partial charge in [0.15, 0.2) is 0 Å². The quantitative estimate of drug-likeness (QED) is 0.521. The highest BCUT2D eigenvalue weighted by Gasteiger charge is 2.25. The topological polar surface area (TPSA) is 36.4 Å². The van der Waals surface area contributed by atoms with Gasteiger partial charge in [-0.05, 0) is 61.7 Å². The van der Waals surface area contributed by atoms with Crippen molar-refractivity contribution in [3.8, 4) is 0 Å². The fraction of sp³-hybridized carbons (Fsp3) is 0.333. The lowest BCUT2D eigenvalue weighted by molar-refractivity contribution is -0.133. The molecule has 1 aliphatic rings. The Balaban J connectivity index is 1.25. The monoisotopic (exact) mass is 449 g/mol.